The van der Waals surface area contributed by atoms with E-state index in [0.29, 0.717) is 31.1 Å². The van der Waals surface area contributed by atoms with Crippen molar-refractivity contribution < 1.29 is 23.5 Å². The number of nitrogens with one attached hydrogen (secondary N) is 1. The van der Waals surface area contributed by atoms with Crippen molar-refractivity contribution in [2.45, 2.75) is 18.6 Å². The Hall–Kier alpha value is -3.74. The van der Waals surface area contributed by atoms with Crippen molar-refractivity contribution in [1.82, 2.24) is 10.2 Å². The fraction of sp³-hybridized carbons (Fsp3) is 0.250. The SMILES string of the molecule is CN(C[C@@H]1COc2ccccc2O1)C(=O)[C@H](Cc1ccccc1)NC(=O)c1ccco1. The van der Waals surface area contributed by atoms with Crippen molar-refractivity contribution in [1.29, 1.82) is 0 Å². The average molecular weight is 420 g/mol. The fourth-order valence-corrected chi connectivity index (χ4v) is 3.50. The zero-order valence-corrected chi connectivity index (χ0v) is 17.2. The molecular formula is C24H24N2O5. The first-order chi connectivity index (χ1) is 15.1. The second-order valence-electron chi connectivity index (χ2n) is 7.41. The highest BCUT2D eigenvalue weighted by atomic mass is 16.6. The number of fused-ring (bicyclic) bond motifs is 1. The summed E-state index contributed by atoms with van der Waals surface area (Å²) in [5, 5.41) is 2.81. The predicted molar refractivity (Wildman–Crippen MR) is 114 cm³/mol. The van der Waals surface area contributed by atoms with Crippen LogP contribution in [-0.4, -0.2) is 49.1 Å². The molecule has 0 unspecified atom stereocenters. The molecule has 2 aromatic carbocycles. The number of amides is 2. The summed E-state index contributed by atoms with van der Waals surface area (Å²) in [5.41, 5.74) is 0.945. The molecule has 0 saturated carbocycles. The number of carbonyl (C=O) groups is 2. The Labute approximate surface area is 180 Å². The van der Waals surface area contributed by atoms with Gasteiger partial charge in [0.25, 0.3) is 5.91 Å². The Morgan fingerprint density at radius 3 is 2.52 bits per heavy atom. The van der Waals surface area contributed by atoms with Crippen LogP contribution in [0, 0.1) is 0 Å². The number of likely N-dealkylation sites (N-methyl/N-ethyl adjacent to an activating group) is 1. The molecule has 2 atom stereocenters. The van der Waals surface area contributed by atoms with Crippen LogP contribution in [-0.2, 0) is 11.2 Å². The van der Waals surface area contributed by atoms with E-state index >= 15 is 0 Å². The Kier molecular flexibility index (Phi) is 6.21. The summed E-state index contributed by atoms with van der Waals surface area (Å²) >= 11 is 0. The summed E-state index contributed by atoms with van der Waals surface area (Å²) in [6.45, 7) is 0.672. The van der Waals surface area contributed by atoms with Crippen LogP contribution < -0.4 is 14.8 Å². The van der Waals surface area contributed by atoms with E-state index in [-0.39, 0.29) is 17.8 Å². The fourth-order valence-electron chi connectivity index (χ4n) is 3.50. The van der Waals surface area contributed by atoms with E-state index in [1.807, 2.05) is 54.6 Å². The summed E-state index contributed by atoms with van der Waals surface area (Å²) in [6.07, 6.45) is 1.48. The molecule has 3 aromatic rings. The quantitative estimate of drug-likeness (QED) is 0.636. The lowest BCUT2D eigenvalue weighted by atomic mass is 10.0. The standard InChI is InChI=1S/C24H24N2O5/c1-26(15-18-16-30-20-10-5-6-11-21(20)31-18)24(28)19(14-17-8-3-2-4-9-17)25-23(27)22-12-7-13-29-22/h2-13,18-19H,14-16H2,1H3,(H,25,27)/t18-,19+/m1/s1. The normalized spacial score (nSPS) is 15.7. The molecule has 0 saturated heterocycles. The van der Waals surface area contributed by atoms with Gasteiger partial charge in [0.05, 0.1) is 12.8 Å². The molecule has 0 radical (unpaired) electrons. The molecule has 0 bridgehead atoms. The highest BCUT2D eigenvalue weighted by Crippen LogP contribution is 2.31. The number of furan rings is 1. The predicted octanol–water partition coefficient (Wildman–Crippen LogP) is 2.92. The first kappa shape index (κ1) is 20.5. The summed E-state index contributed by atoms with van der Waals surface area (Å²) in [4.78, 5) is 27.4. The second-order valence-corrected chi connectivity index (χ2v) is 7.41. The number of rotatable bonds is 7. The van der Waals surface area contributed by atoms with Gasteiger partial charge in [-0.1, -0.05) is 42.5 Å². The minimum Gasteiger partial charge on any atom is -0.486 e. The van der Waals surface area contributed by atoms with Gasteiger partial charge in [0.15, 0.2) is 23.4 Å². The van der Waals surface area contributed by atoms with E-state index in [1.54, 1.807) is 24.1 Å². The summed E-state index contributed by atoms with van der Waals surface area (Å²) in [5.74, 6) is 0.867. The smallest absolute Gasteiger partial charge is 0.287 e. The molecule has 1 aromatic heterocycles. The van der Waals surface area contributed by atoms with Crippen molar-refractivity contribution in [3.8, 4) is 11.5 Å². The third kappa shape index (κ3) is 5.06. The van der Waals surface area contributed by atoms with Crippen LogP contribution >= 0.6 is 0 Å². The number of ether oxygens (including phenoxy) is 2. The van der Waals surface area contributed by atoms with Gasteiger partial charge < -0.3 is 24.1 Å². The number of benzene rings is 2. The Morgan fingerprint density at radius 2 is 1.77 bits per heavy atom. The molecule has 1 aliphatic heterocycles. The molecule has 2 amide bonds. The van der Waals surface area contributed by atoms with Crippen LogP contribution in [0.25, 0.3) is 0 Å². The Morgan fingerprint density at radius 1 is 1.03 bits per heavy atom. The van der Waals surface area contributed by atoms with Gasteiger partial charge in [-0.05, 0) is 29.8 Å². The van der Waals surface area contributed by atoms with Gasteiger partial charge in [-0.15, -0.1) is 0 Å². The molecule has 7 nitrogen and oxygen atoms in total. The molecule has 160 valence electrons. The zero-order valence-electron chi connectivity index (χ0n) is 17.2. The van der Waals surface area contributed by atoms with E-state index in [1.165, 1.54) is 6.26 Å². The first-order valence-electron chi connectivity index (χ1n) is 10.1. The zero-order chi connectivity index (χ0) is 21.6. The molecule has 0 spiro atoms. The summed E-state index contributed by atoms with van der Waals surface area (Å²) in [6, 6.07) is 19.5. The topological polar surface area (TPSA) is 81.0 Å². The van der Waals surface area contributed by atoms with Crippen molar-refractivity contribution in [3.63, 3.8) is 0 Å². The minimum absolute atomic E-state index is 0.161. The molecular weight excluding hydrogens is 396 g/mol. The van der Waals surface area contributed by atoms with Crippen LogP contribution in [0.5, 0.6) is 11.5 Å². The van der Waals surface area contributed by atoms with Crippen LogP contribution in [0.4, 0.5) is 0 Å². The van der Waals surface area contributed by atoms with Gasteiger partial charge in [0.2, 0.25) is 5.91 Å². The molecule has 4 rings (SSSR count). The van der Waals surface area contributed by atoms with Crippen LogP contribution in [0.15, 0.2) is 77.4 Å². The molecule has 1 N–H and O–H groups in total. The summed E-state index contributed by atoms with van der Waals surface area (Å²) < 4.78 is 16.9. The Bertz CT molecular complexity index is 1020. The highest BCUT2D eigenvalue weighted by Gasteiger charge is 2.29. The van der Waals surface area contributed by atoms with Crippen LogP contribution in [0.3, 0.4) is 0 Å². The third-order valence-electron chi connectivity index (χ3n) is 5.05. The second kappa shape index (κ2) is 9.38. The van der Waals surface area contributed by atoms with Gasteiger partial charge in [-0.2, -0.15) is 0 Å². The van der Waals surface area contributed by atoms with E-state index < -0.39 is 11.9 Å². The molecule has 7 heteroatoms. The average Bonchev–Trinajstić information content (AvgIpc) is 3.34. The first-order valence-corrected chi connectivity index (χ1v) is 10.1. The maximum atomic E-state index is 13.3. The minimum atomic E-state index is -0.748. The van der Waals surface area contributed by atoms with Gasteiger partial charge in [0.1, 0.15) is 12.6 Å². The van der Waals surface area contributed by atoms with Gasteiger partial charge in [-0.3, -0.25) is 9.59 Å². The lowest BCUT2D eigenvalue weighted by molar-refractivity contribution is -0.133. The van der Waals surface area contributed by atoms with Gasteiger partial charge in [0, 0.05) is 13.5 Å². The van der Waals surface area contributed by atoms with E-state index in [4.69, 9.17) is 13.9 Å². The molecule has 1 aliphatic rings. The number of nitrogens with zero attached hydrogens (tertiary/aromatic N) is 1. The lowest BCUT2D eigenvalue weighted by Crippen LogP contribution is -2.51. The molecule has 2 heterocycles. The van der Waals surface area contributed by atoms with Gasteiger partial charge in [-0.25, -0.2) is 0 Å². The lowest BCUT2D eigenvalue weighted by Gasteiger charge is -2.31. The number of para-hydroxylation sites is 2. The van der Waals surface area contributed by atoms with Crippen molar-refractivity contribution in [2.24, 2.45) is 0 Å². The largest absolute Gasteiger partial charge is 0.486 e. The van der Waals surface area contributed by atoms with Gasteiger partial charge >= 0.3 is 0 Å². The Balaban J connectivity index is 1.44. The van der Waals surface area contributed by atoms with Crippen LogP contribution in [0.2, 0.25) is 0 Å². The van der Waals surface area contributed by atoms with Crippen molar-refractivity contribution >= 4 is 11.8 Å². The molecule has 0 aliphatic carbocycles. The summed E-state index contributed by atoms with van der Waals surface area (Å²) in [7, 11) is 1.70. The van der Waals surface area contributed by atoms with Crippen LogP contribution in [0.1, 0.15) is 16.1 Å². The number of carbonyl (C=O) groups excluding carboxylic acids is 2. The maximum absolute atomic E-state index is 13.3. The van der Waals surface area contributed by atoms with E-state index in [2.05, 4.69) is 5.32 Å². The monoisotopic (exact) mass is 420 g/mol. The van der Waals surface area contributed by atoms with Crippen molar-refractivity contribution in [2.75, 3.05) is 20.2 Å². The molecule has 0 fully saturated rings. The maximum Gasteiger partial charge on any atom is 0.287 e. The number of hydrogen-bond donors (Lipinski definition) is 1. The number of hydrogen-bond acceptors (Lipinski definition) is 5. The van der Waals surface area contributed by atoms with Crippen molar-refractivity contribution in [3.05, 3.63) is 84.3 Å². The van der Waals surface area contributed by atoms with E-state index in [0.717, 1.165) is 5.56 Å². The highest BCUT2D eigenvalue weighted by molar-refractivity contribution is 5.95. The third-order valence-corrected chi connectivity index (χ3v) is 5.05. The van der Waals surface area contributed by atoms with E-state index in [9.17, 15) is 9.59 Å². The molecule has 31 heavy (non-hydrogen) atoms.